The van der Waals surface area contributed by atoms with Crippen LogP contribution in [0.1, 0.15) is 35.1 Å². The van der Waals surface area contributed by atoms with E-state index in [1.165, 1.54) is 5.56 Å². The van der Waals surface area contributed by atoms with Crippen molar-refractivity contribution in [1.82, 2.24) is 14.5 Å². The van der Waals surface area contributed by atoms with Crippen molar-refractivity contribution >= 4 is 17.2 Å². The normalized spacial score (nSPS) is 15.3. The number of thiazole rings is 1. The van der Waals surface area contributed by atoms with Gasteiger partial charge in [-0.2, -0.15) is 0 Å². The van der Waals surface area contributed by atoms with Gasteiger partial charge in [-0.15, -0.1) is 11.3 Å². The van der Waals surface area contributed by atoms with E-state index in [-0.39, 0.29) is 5.91 Å². The zero-order chi connectivity index (χ0) is 17.8. The number of hydrogen-bond acceptors (Lipinski definition) is 3. The van der Waals surface area contributed by atoms with Gasteiger partial charge in [0.05, 0.1) is 17.1 Å². The molecule has 0 spiro atoms. The molecule has 0 radical (unpaired) electrons. The van der Waals surface area contributed by atoms with Gasteiger partial charge in [-0.05, 0) is 30.5 Å². The van der Waals surface area contributed by atoms with Crippen molar-refractivity contribution in [2.45, 2.75) is 31.7 Å². The fourth-order valence-corrected chi connectivity index (χ4v) is 4.38. The second kappa shape index (κ2) is 7.87. The first-order chi connectivity index (χ1) is 12.8. The summed E-state index contributed by atoms with van der Waals surface area (Å²) in [7, 11) is 0. The summed E-state index contributed by atoms with van der Waals surface area (Å²) in [5, 5.41) is 3.10. The number of likely N-dealkylation sites (tertiary alicyclic amines) is 1. The molecule has 3 aromatic rings. The average Bonchev–Trinajstić information content (AvgIpc) is 3.35. The van der Waals surface area contributed by atoms with Crippen LogP contribution in [-0.2, 0) is 17.6 Å². The number of carbonyl (C=O) groups is 1. The molecule has 1 amide bonds. The Hall–Kier alpha value is -2.40. The minimum Gasteiger partial charge on any atom is -0.351 e. The van der Waals surface area contributed by atoms with Gasteiger partial charge in [-0.25, -0.2) is 4.98 Å². The van der Waals surface area contributed by atoms with E-state index in [9.17, 15) is 4.79 Å². The van der Waals surface area contributed by atoms with Gasteiger partial charge < -0.3 is 9.47 Å². The minimum atomic E-state index is 0.201. The van der Waals surface area contributed by atoms with E-state index in [2.05, 4.69) is 46.2 Å². The summed E-state index contributed by atoms with van der Waals surface area (Å²) in [4.78, 5) is 19.3. The van der Waals surface area contributed by atoms with Crippen molar-refractivity contribution in [2.24, 2.45) is 0 Å². The number of carbonyl (C=O) groups excluding carboxylic acids is 1. The van der Waals surface area contributed by atoms with Crippen LogP contribution in [0.3, 0.4) is 0 Å². The molecule has 1 aliphatic rings. The molecule has 134 valence electrons. The van der Waals surface area contributed by atoms with Crippen LogP contribution in [0.25, 0.3) is 0 Å². The molecule has 0 bridgehead atoms. The molecule has 1 fully saturated rings. The second-order valence-corrected chi connectivity index (χ2v) is 7.76. The number of amides is 1. The van der Waals surface area contributed by atoms with Gasteiger partial charge in [0.15, 0.2) is 0 Å². The van der Waals surface area contributed by atoms with E-state index in [1.54, 1.807) is 11.3 Å². The summed E-state index contributed by atoms with van der Waals surface area (Å²) in [6, 6.07) is 15.0. The first-order valence-corrected chi connectivity index (χ1v) is 10.0. The number of nitrogens with zero attached hydrogens (tertiary/aromatic N) is 3. The molecule has 5 heteroatoms. The van der Waals surface area contributed by atoms with Gasteiger partial charge in [0.2, 0.25) is 5.91 Å². The lowest BCUT2D eigenvalue weighted by Crippen LogP contribution is -2.39. The summed E-state index contributed by atoms with van der Waals surface area (Å²) >= 11 is 1.65. The van der Waals surface area contributed by atoms with Crippen molar-refractivity contribution in [3.63, 3.8) is 0 Å². The Morgan fingerprint density at radius 2 is 1.81 bits per heavy atom. The lowest BCUT2D eigenvalue weighted by Gasteiger charge is -2.32. The van der Waals surface area contributed by atoms with E-state index in [4.69, 9.17) is 0 Å². The fraction of sp³-hybridized carbons (Fsp3) is 0.333. The van der Waals surface area contributed by atoms with Gasteiger partial charge in [0.1, 0.15) is 0 Å². The zero-order valence-electron chi connectivity index (χ0n) is 14.8. The minimum absolute atomic E-state index is 0.201. The molecule has 1 saturated heterocycles. The molecule has 0 N–H and O–H groups in total. The fourth-order valence-electron chi connectivity index (χ4n) is 3.55. The lowest BCUT2D eigenvalue weighted by atomic mass is 10.0. The van der Waals surface area contributed by atoms with Gasteiger partial charge in [-0.1, -0.05) is 30.3 Å². The van der Waals surface area contributed by atoms with Gasteiger partial charge in [0.25, 0.3) is 0 Å². The van der Waals surface area contributed by atoms with Crippen LogP contribution >= 0.6 is 11.3 Å². The van der Waals surface area contributed by atoms with E-state index in [0.29, 0.717) is 12.5 Å². The second-order valence-electron chi connectivity index (χ2n) is 6.81. The third-order valence-corrected chi connectivity index (χ3v) is 5.89. The van der Waals surface area contributed by atoms with Crippen molar-refractivity contribution in [1.29, 1.82) is 0 Å². The Morgan fingerprint density at radius 3 is 2.54 bits per heavy atom. The standard InChI is InChI=1S/C21H23N3OS/c25-21(24-12-8-19(9-13-24)23-10-4-5-11-23)15-18-16-26-20(22-18)14-17-6-2-1-3-7-17/h1-7,10-11,16,19H,8-9,12-15H2. The molecule has 1 aromatic carbocycles. The van der Waals surface area contributed by atoms with Gasteiger partial charge >= 0.3 is 0 Å². The molecule has 3 heterocycles. The first kappa shape index (κ1) is 17.0. The molecule has 0 saturated carbocycles. The maximum atomic E-state index is 12.6. The SMILES string of the molecule is O=C(Cc1csc(Cc2ccccc2)n1)N1CCC(n2cccc2)CC1. The van der Waals surface area contributed by atoms with Crippen LogP contribution in [-0.4, -0.2) is 33.4 Å². The molecule has 0 aliphatic carbocycles. The molecule has 2 aromatic heterocycles. The molecule has 0 unspecified atom stereocenters. The first-order valence-electron chi connectivity index (χ1n) is 9.15. The highest BCUT2D eigenvalue weighted by atomic mass is 32.1. The van der Waals surface area contributed by atoms with E-state index >= 15 is 0 Å². The maximum absolute atomic E-state index is 12.6. The highest BCUT2D eigenvalue weighted by Crippen LogP contribution is 2.23. The lowest BCUT2D eigenvalue weighted by molar-refractivity contribution is -0.131. The quantitative estimate of drug-likeness (QED) is 0.687. The van der Waals surface area contributed by atoms with Crippen LogP contribution in [0, 0.1) is 0 Å². The Morgan fingerprint density at radius 1 is 1.08 bits per heavy atom. The van der Waals surface area contributed by atoms with Crippen LogP contribution in [0.4, 0.5) is 0 Å². The number of benzene rings is 1. The predicted octanol–water partition coefficient (Wildman–Crippen LogP) is 3.94. The highest BCUT2D eigenvalue weighted by molar-refractivity contribution is 7.09. The Labute approximate surface area is 158 Å². The average molecular weight is 366 g/mol. The van der Waals surface area contributed by atoms with Gasteiger partial charge in [0, 0.05) is 43.3 Å². The zero-order valence-corrected chi connectivity index (χ0v) is 15.6. The van der Waals surface area contributed by atoms with Crippen molar-refractivity contribution < 1.29 is 4.79 Å². The third kappa shape index (κ3) is 4.05. The molecule has 26 heavy (non-hydrogen) atoms. The predicted molar refractivity (Wildman–Crippen MR) is 104 cm³/mol. The van der Waals surface area contributed by atoms with Crippen LogP contribution in [0.15, 0.2) is 60.2 Å². The maximum Gasteiger partial charge on any atom is 0.228 e. The van der Waals surface area contributed by atoms with Gasteiger partial charge in [-0.3, -0.25) is 4.79 Å². The van der Waals surface area contributed by atoms with E-state index < -0.39 is 0 Å². The van der Waals surface area contributed by atoms with E-state index in [0.717, 1.165) is 43.1 Å². The molecular formula is C21H23N3OS. The monoisotopic (exact) mass is 365 g/mol. The van der Waals surface area contributed by atoms with Crippen LogP contribution in [0.2, 0.25) is 0 Å². The summed E-state index contributed by atoms with van der Waals surface area (Å²) in [6.07, 6.45) is 7.53. The third-order valence-electron chi connectivity index (χ3n) is 5.00. The summed E-state index contributed by atoms with van der Waals surface area (Å²) in [5.74, 6) is 0.201. The number of hydrogen-bond donors (Lipinski definition) is 0. The molecule has 4 rings (SSSR count). The smallest absolute Gasteiger partial charge is 0.228 e. The number of aromatic nitrogens is 2. The topological polar surface area (TPSA) is 38.1 Å². The van der Waals surface area contributed by atoms with Crippen molar-refractivity contribution in [3.05, 3.63) is 76.5 Å². The molecule has 0 atom stereocenters. The largest absolute Gasteiger partial charge is 0.351 e. The van der Waals surface area contributed by atoms with Crippen molar-refractivity contribution in [3.8, 4) is 0 Å². The number of rotatable bonds is 5. The molecular weight excluding hydrogens is 342 g/mol. The molecule has 1 aliphatic heterocycles. The number of piperidine rings is 1. The van der Waals surface area contributed by atoms with E-state index in [1.807, 2.05) is 28.5 Å². The Kier molecular flexibility index (Phi) is 5.16. The highest BCUT2D eigenvalue weighted by Gasteiger charge is 2.23. The Bertz CT molecular complexity index is 833. The van der Waals surface area contributed by atoms with Crippen LogP contribution < -0.4 is 0 Å². The van der Waals surface area contributed by atoms with Crippen LogP contribution in [0.5, 0.6) is 0 Å². The van der Waals surface area contributed by atoms with Crippen molar-refractivity contribution in [2.75, 3.05) is 13.1 Å². The Balaban J connectivity index is 1.30. The molecule has 4 nitrogen and oxygen atoms in total. The summed E-state index contributed by atoms with van der Waals surface area (Å²) in [5.41, 5.74) is 2.16. The summed E-state index contributed by atoms with van der Waals surface area (Å²) in [6.45, 7) is 1.67. The summed E-state index contributed by atoms with van der Waals surface area (Å²) < 4.78 is 2.26.